The van der Waals surface area contributed by atoms with Crippen LogP contribution >= 0.6 is 11.6 Å². The Kier molecular flexibility index (Phi) is 6.18. The highest BCUT2D eigenvalue weighted by Crippen LogP contribution is 2.24. The van der Waals surface area contributed by atoms with Gasteiger partial charge in [0.15, 0.2) is 5.82 Å². The first kappa shape index (κ1) is 21.6. The van der Waals surface area contributed by atoms with Crippen LogP contribution in [-0.4, -0.2) is 30.5 Å². The van der Waals surface area contributed by atoms with Gasteiger partial charge < -0.3 is 5.32 Å². The summed E-state index contributed by atoms with van der Waals surface area (Å²) in [5, 5.41) is 12.6. The van der Waals surface area contributed by atoms with E-state index >= 15 is 0 Å². The van der Waals surface area contributed by atoms with Gasteiger partial charge in [-0.2, -0.15) is 10.2 Å². The molecular formula is C26H21ClN6O. The molecule has 0 unspecified atom stereocenters. The molecule has 1 N–H and O–H groups in total. The summed E-state index contributed by atoms with van der Waals surface area (Å²) >= 11 is 6.07. The molecule has 0 aliphatic heterocycles. The number of benzene rings is 2. The second-order valence-electron chi connectivity index (χ2n) is 7.70. The van der Waals surface area contributed by atoms with Crippen molar-refractivity contribution < 1.29 is 4.79 Å². The summed E-state index contributed by atoms with van der Waals surface area (Å²) in [4.78, 5) is 17.7. The Hall–Kier alpha value is -4.23. The normalized spacial score (nSPS) is 10.9. The quantitative estimate of drug-likeness (QED) is 0.373. The van der Waals surface area contributed by atoms with Crippen LogP contribution in [0.1, 0.15) is 21.5 Å². The fraction of sp³-hybridized carbons (Fsp3) is 0.0769. The fourth-order valence-electron chi connectivity index (χ4n) is 3.70. The number of rotatable bonds is 7. The number of pyridine rings is 1. The minimum atomic E-state index is -0.223. The van der Waals surface area contributed by atoms with Crippen molar-refractivity contribution in [2.75, 3.05) is 0 Å². The topological polar surface area (TPSA) is 77.6 Å². The van der Waals surface area contributed by atoms with Gasteiger partial charge in [-0.15, -0.1) is 0 Å². The molecule has 0 spiro atoms. The average Bonchev–Trinajstić information content (AvgIpc) is 3.55. The van der Waals surface area contributed by atoms with Crippen molar-refractivity contribution in [3.8, 4) is 17.1 Å². The van der Waals surface area contributed by atoms with Gasteiger partial charge in [0, 0.05) is 47.5 Å². The van der Waals surface area contributed by atoms with Crippen LogP contribution in [0.2, 0.25) is 5.02 Å². The Morgan fingerprint density at radius 3 is 2.53 bits per heavy atom. The molecule has 0 atom stereocenters. The first-order valence-electron chi connectivity index (χ1n) is 10.8. The summed E-state index contributed by atoms with van der Waals surface area (Å²) < 4.78 is 3.46. The van der Waals surface area contributed by atoms with Gasteiger partial charge in [-0.05, 0) is 29.8 Å². The third-order valence-electron chi connectivity index (χ3n) is 5.34. The van der Waals surface area contributed by atoms with Crippen LogP contribution in [0.25, 0.3) is 17.1 Å². The number of hydrogen-bond donors (Lipinski definition) is 1. The van der Waals surface area contributed by atoms with E-state index in [0.29, 0.717) is 35.2 Å². The highest BCUT2D eigenvalue weighted by atomic mass is 35.5. The lowest BCUT2D eigenvalue weighted by molar-refractivity contribution is 0.0951. The largest absolute Gasteiger partial charge is 0.348 e. The van der Waals surface area contributed by atoms with E-state index < -0.39 is 0 Å². The SMILES string of the molecule is O=C(NCc1cccnc1-n1cccn1)c1cn(Cc2ccccc2)nc1-c1ccc(Cl)cc1. The van der Waals surface area contributed by atoms with E-state index in [0.717, 1.165) is 16.7 Å². The van der Waals surface area contributed by atoms with Crippen molar-refractivity contribution >= 4 is 17.5 Å². The first-order chi connectivity index (χ1) is 16.7. The van der Waals surface area contributed by atoms with E-state index in [1.165, 1.54) is 0 Å². The van der Waals surface area contributed by atoms with Crippen LogP contribution in [0, 0.1) is 0 Å². The number of nitrogens with one attached hydrogen (secondary N) is 1. The zero-order valence-corrected chi connectivity index (χ0v) is 18.9. The number of aromatic nitrogens is 5. The van der Waals surface area contributed by atoms with E-state index in [1.54, 1.807) is 40.1 Å². The number of carbonyl (C=O) groups is 1. The highest BCUT2D eigenvalue weighted by Gasteiger charge is 2.19. The fourth-order valence-corrected chi connectivity index (χ4v) is 3.83. The molecule has 0 aliphatic carbocycles. The number of carbonyl (C=O) groups excluding carboxylic acids is 1. The molecule has 5 aromatic rings. The Labute approximate surface area is 201 Å². The lowest BCUT2D eigenvalue weighted by Gasteiger charge is -2.10. The van der Waals surface area contributed by atoms with E-state index in [1.807, 2.05) is 66.9 Å². The van der Waals surface area contributed by atoms with Crippen molar-refractivity contribution in [1.82, 2.24) is 29.9 Å². The highest BCUT2D eigenvalue weighted by molar-refractivity contribution is 6.30. The number of nitrogens with zero attached hydrogens (tertiary/aromatic N) is 5. The van der Waals surface area contributed by atoms with E-state index in [2.05, 4.69) is 15.4 Å². The average molecular weight is 469 g/mol. The first-order valence-corrected chi connectivity index (χ1v) is 11.1. The van der Waals surface area contributed by atoms with Crippen LogP contribution in [0.3, 0.4) is 0 Å². The van der Waals surface area contributed by atoms with Crippen molar-refractivity contribution in [3.05, 3.63) is 119 Å². The van der Waals surface area contributed by atoms with Crippen LogP contribution in [0.15, 0.2) is 97.6 Å². The van der Waals surface area contributed by atoms with Gasteiger partial charge in [0.05, 0.1) is 12.1 Å². The van der Waals surface area contributed by atoms with E-state index in [4.69, 9.17) is 16.7 Å². The predicted molar refractivity (Wildman–Crippen MR) is 131 cm³/mol. The minimum Gasteiger partial charge on any atom is -0.348 e. The Morgan fingerprint density at radius 1 is 0.941 bits per heavy atom. The minimum absolute atomic E-state index is 0.223. The maximum absolute atomic E-state index is 13.3. The number of amides is 1. The molecule has 2 aromatic carbocycles. The molecule has 168 valence electrons. The molecule has 34 heavy (non-hydrogen) atoms. The summed E-state index contributed by atoms with van der Waals surface area (Å²) in [5.74, 6) is 0.449. The summed E-state index contributed by atoms with van der Waals surface area (Å²) in [7, 11) is 0. The maximum Gasteiger partial charge on any atom is 0.255 e. The summed E-state index contributed by atoms with van der Waals surface area (Å²) in [6.45, 7) is 0.854. The third-order valence-corrected chi connectivity index (χ3v) is 5.59. The molecule has 5 rings (SSSR count). The molecule has 0 saturated carbocycles. The second-order valence-corrected chi connectivity index (χ2v) is 8.14. The zero-order chi connectivity index (χ0) is 23.3. The summed E-state index contributed by atoms with van der Waals surface area (Å²) in [6, 6.07) is 22.9. The van der Waals surface area contributed by atoms with Gasteiger partial charge in [0.2, 0.25) is 0 Å². The van der Waals surface area contributed by atoms with Gasteiger partial charge >= 0.3 is 0 Å². The Balaban J connectivity index is 1.43. The van der Waals surface area contributed by atoms with Crippen LogP contribution in [0.5, 0.6) is 0 Å². The summed E-state index contributed by atoms with van der Waals surface area (Å²) in [5.41, 5.74) is 3.86. The monoisotopic (exact) mass is 468 g/mol. The van der Waals surface area contributed by atoms with Crippen molar-refractivity contribution in [2.24, 2.45) is 0 Å². The smallest absolute Gasteiger partial charge is 0.255 e. The second kappa shape index (κ2) is 9.72. The van der Waals surface area contributed by atoms with Gasteiger partial charge in [0.1, 0.15) is 5.69 Å². The molecule has 0 saturated heterocycles. The van der Waals surface area contributed by atoms with Crippen LogP contribution < -0.4 is 5.32 Å². The molecule has 3 aromatic heterocycles. The molecule has 3 heterocycles. The van der Waals surface area contributed by atoms with Crippen molar-refractivity contribution in [1.29, 1.82) is 0 Å². The molecule has 8 heteroatoms. The van der Waals surface area contributed by atoms with E-state index in [-0.39, 0.29) is 5.91 Å². The molecule has 0 radical (unpaired) electrons. The molecule has 7 nitrogen and oxygen atoms in total. The number of halogens is 1. The van der Waals surface area contributed by atoms with E-state index in [9.17, 15) is 4.79 Å². The van der Waals surface area contributed by atoms with Crippen molar-refractivity contribution in [2.45, 2.75) is 13.1 Å². The van der Waals surface area contributed by atoms with Gasteiger partial charge in [0.25, 0.3) is 5.91 Å². The number of hydrogen-bond acceptors (Lipinski definition) is 4. The third kappa shape index (κ3) is 4.74. The lowest BCUT2D eigenvalue weighted by Crippen LogP contribution is -2.24. The molecule has 0 aliphatic rings. The standard InChI is InChI=1S/C26H21ClN6O/c27-22-11-9-20(10-12-22)24-23(18-32(31-24)17-19-6-2-1-3-7-19)26(34)29-16-21-8-4-13-28-25(21)33-15-5-14-30-33/h1-15,18H,16-17H2,(H,29,34). The summed E-state index contributed by atoms with van der Waals surface area (Å²) in [6.07, 6.45) is 7.00. The van der Waals surface area contributed by atoms with Crippen molar-refractivity contribution in [3.63, 3.8) is 0 Å². The lowest BCUT2D eigenvalue weighted by atomic mass is 10.1. The van der Waals surface area contributed by atoms with Gasteiger partial charge in [-0.25, -0.2) is 9.67 Å². The van der Waals surface area contributed by atoms with Crippen LogP contribution in [0.4, 0.5) is 0 Å². The zero-order valence-electron chi connectivity index (χ0n) is 18.2. The van der Waals surface area contributed by atoms with Crippen LogP contribution in [-0.2, 0) is 13.1 Å². The Bertz CT molecular complexity index is 1400. The molecular weight excluding hydrogens is 448 g/mol. The Morgan fingerprint density at radius 2 is 1.76 bits per heavy atom. The predicted octanol–water partition coefficient (Wildman–Crippen LogP) is 4.76. The molecule has 0 bridgehead atoms. The van der Waals surface area contributed by atoms with Gasteiger partial charge in [-0.1, -0.05) is 60.1 Å². The molecule has 0 fully saturated rings. The molecule has 1 amide bonds. The van der Waals surface area contributed by atoms with Gasteiger partial charge in [-0.3, -0.25) is 9.48 Å². The maximum atomic E-state index is 13.3.